The number of nitrogens with zero attached hydrogens (tertiary/aromatic N) is 1. The molecule has 1 rings (SSSR count). The van der Waals surface area contributed by atoms with E-state index in [0.29, 0.717) is 13.2 Å². The molecule has 1 aromatic carbocycles. The molecule has 0 atom stereocenters. The molecule has 4 nitrogen and oxygen atoms in total. The number of ether oxygens (including phenoxy) is 1. The van der Waals surface area contributed by atoms with Gasteiger partial charge < -0.3 is 15.4 Å². The molecule has 0 heterocycles. The number of nitrogens with one attached hydrogen (secondary N) is 2. The Labute approximate surface area is 155 Å². The molecule has 6 heteroatoms. The van der Waals surface area contributed by atoms with Gasteiger partial charge in [0, 0.05) is 25.7 Å². The summed E-state index contributed by atoms with van der Waals surface area (Å²) < 4.78 is 5.64. The van der Waals surface area contributed by atoms with Crippen molar-refractivity contribution in [2.75, 3.05) is 32.2 Å². The Morgan fingerprint density at radius 1 is 1.36 bits per heavy atom. The number of guanidine groups is 1. The lowest BCUT2D eigenvalue weighted by Crippen LogP contribution is -2.37. The molecule has 0 saturated carbocycles. The summed E-state index contributed by atoms with van der Waals surface area (Å²) in [6, 6.07) is 7.99. The number of hydrogen-bond acceptors (Lipinski definition) is 3. The highest BCUT2D eigenvalue weighted by Crippen LogP contribution is 2.17. The molecular weight excluding hydrogens is 409 g/mol. The van der Waals surface area contributed by atoms with E-state index in [2.05, 4.69) is 28.5 Å². The van der Waals surface area contributed by atoms with E-state index < -0.39 is 0 Å². The van der Waals surface area contributed by atoms with Gasteiger partial charge in [0.15, 0.2) is 5.96 Å². The minimum Gasteiger partial charge on any atom is -0.489 e. The van der Waals surface area contributed by atoms with E-state index in [1.54, 1.807) is 13.1 Å². The molecule has 0 radical (unpaired) electrons. The second-order valence-electron chi connectivity index (χ2n) is 4.41. The summed E-state index contributed by atoms with van der Waals surface area (Å²) in [5, 5.41) is 6.61. The van der Waals surface area contributed by atoms with Crippen LogP contribution in [0.4, 0.5) is 0 Å². The molecule has 0 aliphatic rings. The molecule has 1 aromatic rings. The Morgan fingerprint density at radius 3 is 2.82 bits per heavy atom. The molecular formula is C16H26IN3OS. The molecule has 0 amide bonds. The van der Waals surface area contributed by atoms with Gasteiger partial charge in [0.05, 0.1) is 0 Å². The van der Waals surface area contributed by atoms with Crippen molar-refractivity contribution in [2.45, 2.75) is 13.0 Å². The average molecular weight is 435 g/mol. The van der Waals surface area contributed by atoms with Gasteiger partial charge in [-0.2, -0.15) is 11.8 Å². The third-order valence-corrected chi connectivity index (χ3v) is 3.51. The van der Waals surface area contributed by atoms with Gasteiger partial charge in [0.2, 0.25) is 0 Å². The van der Waals surface area contributed by atoms with Gasteiger partial charge in [-0.25, -0.2) is 0 Å². The third-order valence-electron chi connectivity index (χ3n) is 2.82. The second kappa shape index (κ2) is 13.8. The minimum absolute atomic E-state index is 0. The maximum absolute atomic E-state index is 5.64. The lowest BCUT2D eigenvalue weighted by molar-refractivity contribution is 0.358. The van der Waals surface area contributed by atoms with Gasteiger partial charge in [-0.1, -0.05) is 30.9 Å². The molecule has 0 aliphatic heterocycles. The quantitative estimate of drug-likeness (QED) is 0.206. The first-order valence-electron chi connectivity index (χ1n) is 7.07. The van der Waals surface area contributed by atoms with Gasteiger partial charge in [-0.3, -0.25) is 4.99 Å². The molecule has 0 unspecified atom stereocenters. The van der Waals surface area contributed by atoms with Crippen molar-refractivity contribution < 1.29 is 4.74 Å². The Balaban J connectivity index is 0.00000441. The smallest absolute Gasteiger partial charge is 0.191 e. The fourth-order valence-electron chi connectivity index (χ4n) is 1.76. The average Bonchev–Trinajstić information content (AvgIpc) is 2.53. The number of aliphatic imine (C=N–C) groups is 1. The fourth-order valence-corrected chi connectivity index (χ4v) is 2.20. The second-order valence-corrected chi connectivity index (χ2v) is 5.39. The van der Waals surface area contributed by atoms with Crippen molar-refractivity contribution in [1.29, 1.82) is 0 Å². The standard InChI is InChI=1S/C16H25N3OS.HI/c1-4-11-20-15-9-6-5-8-14(15)13-19-16(17-2)18-10-7-12-21-3;/h4-6,8-9H,1,7,10-13H2,2-3H3,(H2,17,18,19);1H. The van der Waals surface area contributed by atoms with Crippen molar-refractivity contribution in [1.82, 2.24) is 10.6 Å². The summed E-state index contributed by atoms with van der Waals surface area (Å²) in [7, 11) is 1.78. The molecule has 22 heavy (non-hydrogen) atoms. The summed E-state index contributed by atoms with van der Waals surface area (Å²) in [6.45, 7) is 5.78. The van der Waals surface area contributed by atoms with Crippen LogP contribution in [0.1, 0.15) is 12.0 Å². The molecule has 0 aliphatic carbocycles. The normalized spacial score (nSPS) is 10.5. The van der Waals surface area contributed by atoms with Gasteiger partial charge in [-0.15, -0.1) is 24.0 Å². The molecule has 0 aromatic heterocycles. The van der Waals surface area contributed by atoms with E-state index in [1.807, 2.05) is 36.0 Å². The number of rotatable bonds is 9. The summed E-state index contributed by atoms with van der Waals surface area (Å²) in [4.78, 5) is 4.22. The van der Waals surface area contributed by atoms with Crippen LogP contribution in [0.15, 0.2) is 41.9 Å². The molecule has 0 fully saturated rings. The zero-order valence-electron chi connectivity index (χ0n) is 13.3. The van der Waals surface area contributed by atoms with Crippen molar-refractivity contribution in [2.24, 2.45) is 4.99 Å². The predicted molar refractivity (Wildman–Crippen MR) is 109 cm³/mol. The van der Waals surface area contributed by atoms with Crippen LogP contribution in [-0.4, -0.2) is 38.2 Å². The molecule has 2 N–H and O–H groups in total. The largest absolute Gasteiger partial charge is 0.489 e. The SMILES string of the molecule is C=CCOc1ccccc1CNC(=NC)NCCCSC.I. The molecule has 0 bridgehead atoms. The van der Waals surface area contributed by atoms with Gasteiger partial charge in [0.1, 0.15) is 12.4 Å². The van der Waals surface area contributed by atoms with Crippen molar-refractivity contribution in [3.63, 3.8) is 0 Å². The Morgan fingerprint density at radius 2 is 2.14 bits per heavy atom. The number of benzene rings is 1. The maximum Gasteiger partial charge on any atom is 0.191 e. The predicted octanol–water partition coefficient (Wildman–Crippen LogP) is 3.29. The van der Waals surface area contributed by atoms with Crippen LogP contribution in [0.5, 0.6) is 5.75 Å². The summed E-state index contributed by atoms with van der Waals surface area (Å²) in [5.74, 6) is 2.85. The summed E-state index contributed by atoms with van der Waals surface area (Å²) in [5.41, 5.74) is 1.10. The lowest BCUT2D eigenvalue weighted by Gasteiger charge is -2.14. The van der Waals surface area contributed by atoms with Gasteiger partial charge in [0.25, 0.3) is 0 Å². The molecule has 124 valence electrons. The van der Waals surface area contributed by atoms with Gasteiger partial charge >= 0.3 is 0 Å². The molecule has 0 saturated heterocycles. The number of halogens is 1. The highest BCUT2D eigenvalue weighted by atomic mass is 127. The first kappa shape index (κ1) is 21.1. The van der Waals surface area contributed by atoms with Crippen LogP contribution in [0, 0.1) is 0 Å². The van der Waals surface area contributed by atoms with Crippen LogP contribution in [-0.2, 0) is 6.54 Å². The Bertz CT molecular complexity index is 455. The van der Waals surface area contributed by atoms with E-state index in [4.69, 9.17) is 4.74 Å². The van der Waals surface area contributed by atoms with Crippen LogP contribution >= 0.6 is 35.7 Å². The minimum atomic E-state index is 0. The first-order valence-corrected chi connectivity index (χ1v) is 8.46. The number of hydrogen-bond donors (Lipinski definition) is 2. The summed E-state index contributed by atoms with van der Waals surface area (Å²) in [6.07, 6.45) is 4.99. The third kappa shape index (κ3) is 8.53. The van der Waals surface area contributed by atoms with Crippen LogP contribution in [0.3, 0.4) is 0 Å². The summed E-state index contributed by atoms with van der Waals surface area (Å²) >= 11 is 1.86. The first-order chi connectivity index (χ1) is 10.3. The van der Waals surface area contributed by atoms with E-state index in [1.165, 1.54) is 0 Å². The van der Waals surface area contributed by atoms with E-state index >= 15 is 0 Å². The van der Waals surface area contributed by atoms with Crippen molar-refractivity contribution >= 4 is 41.7 Å². The lowest BCUT2D eigenvalue weighted by atomic mass is 10.2. The topological polar surface area (TPSA) is 45.6 Å². The number of para-hydroxylation sites is 1. The van der Waals surface area contributed by atoms with E-state index in [9.17, 15) is 0 Å². The van der Waals surface area contributed by atoms with E-state index in [0.717, 1.165) is 36.0 Å². The number of thioether (sulfide) groups is 1. The zero-order valence-corrected chi connectivity index (χ0v) is 16.4. The maximum atomic E-state index is 5.64. The Kier molecular flexibility index (Phi) is 13.2. The van der Waals surface area contributed by atoms with Crippen LogP contribution < -0.4 is 15.4 Å². The highest BCUT2D eigenvalue weighted by Gasteiger charge is 2.03. The van der Waals surface area contributed by atoms with Crippen LogP contribution in [0.2, 0.25) is 0 Å². The van der Waals surface area contributed by atoms with E-state index in [-0.39, 0.29) is 24.0 Å². The van der Waals surface area contributed by atoms with Crippen molar-refractivity contribution in [3.05, 3.63) is 42.5 Å². The Hall–Kier alpha value is -0.890. The monoisotopic (exact) mass is 435 g/mol. The fraction of sp³-hybridized carbons (Fsp3) is 0.438. The van der Waals surface area contributed by atoms with Crippen molar-refractivity contribution in [3.8, 4) is 5.75 Å². The highest BCUT2D eigenvalue weighted by molar-refractivity contribution is 14.0. The van der Waals surface area contributed by atoms with Crippen LogP contribution in [0.25, 0.3) is 0 Å². The van der Waals surface area contributed by atoms with Gasteiger partial charge in [-0.05, 0) is 24.5 Å². The molecule has 0 spiro atoms. The zero-order chi connectivity index (χ0) is 15.3.